The molecule has 21 heavy (non-hydrogen) atoms. The van der Waals surface area contributed by atoms with Crippen LogP contribution in [0, 0.1) is 0 Å². The Kier molecular flexibility index (Phi) is 5.07. The van der Waals surface area contributed by atoms with Crippen molar-refractivity contribution in [3.63, 3.8) is 0 Å². The van der Waals surface area contributed by atoms with Crippen LogP contribution in [0.5, 0.6) is 0 Å². The smallest absolute Gasteiger partial charge is 0.0483 e. The summed E-state index contributed by atoms with van der Waals surface area (Å²) in [4.78, 5) is 0. The Morgan fingerprint density at radius 2 is 1.76 bits per heavy atom. The fourth-order valence-electron chi connectivity index (χ4n) is 2.78. The summed E-state index contributed by atoms with van der Waals surface area (Å²) in [5.41, 5.74) is 15.6. The molecule has 0 amide bonds. The van der Waals surface area contributed by atoms with E-state index in [0.29, 0.717) is 0 Å². The van der Waals surface area contributed by atoms with Gasteiger partial charge < -0.3 is 16.0 Å². The molecule has 0 aliphatic rings. The summed E-state index contributed by atoms with van der Waals surface area (Å²) in [7, 11) is 0. The number of benzene rings is 1. The first-order chi connectivity index (χ1) is 9.97. The predicted molar refractivity (Wildman–Crippen MR) is 91.7 cm³/mol. The minimum atomic E-state index is 0.179. The summed E-state index contributed by atoms with van der Waals surface area (Å²) in [5.74, 6) is 0. The van der Waals surface area contributed by atoms with Gasteiger partial charge >= 0.3 is 0 Å². The molecule has 0 unspecified atom stereocenters. The molecule has 0 saturated carbocycles. The summed E-state index contributed by atoms with van der Waals surface area (Å²) in [6.45, 7) is 9.26. The molecule has 0 bridgehead atoms. The Hall–Kier alpha value is -1.32. The Bertz CT molecular complexity index is 590. The fourth-order valence-corrected chi connectivity index (χ4v) is 2.78. The number of aromatic nitrogens is 1. The van der Waals surface area contributed by atoms with Crippen LogP contribution >= 0.6 is 0 Å². The van der Waals surface area contributed by atoms with Gasteiger partial charge in [0.25, 0.3) is 0 Å². The van der Waals surface area contributed by atoms with Crippen molar-refractivity contribution >= 4 is 10.9 Å². The van der Waals surface area contributed by atoms with E-state index in [1.54, 1.807) is 0 Å². The molecule has 0 saturated heterocycles. The molecule has 1 aromatic carbocycles. The lowest BCUT2D eigenvalue weighted by Gasteiger charge is -2.19. The van der Waals surface area contributed by atoms with Crippen molar-refractivity contribution < 1.29 is 0 Å². The summed E-state index contributed by atoms with van der Waals surface area (Å²) in [6.07, 6.45) is 5.40. The van der Waals surface area contributed by atoms with Crippen molar-refractivity contribution in [3.05, 3.63) is 35.5 Å². The van der Waals surface area contributed by atoms with Crippen LogP contribution in [-0.4, -0.2) is 17.7 Å². The lowest BCUT2D eigenvalue weighted by molar-refractivity contribution is 0.591. The van der Waals surface area contributed by atoms with Crippen LogP contribution < -0.4 is 11.5 Å². The Morgan fingerprint density at radius 1 is 1.05 bits per heavy atom. The maximum absolute atomic E-state index is 5.68. The Balaban J connectivity index is 2.47. The molecule has 0 spiro atoms. The van der Waals surface area contributed by atoms with E-state index < -0.39 is 0 Å². The monoisotopic (exact) mass is 287 g/mol. The van der Waals surface area contributed by atoms with Gasteiger partial charge in [-0.15, -0.1) is 0 Å². The van der Waals surface area contributed by atoms with Gasteiger partial charge in [-0.2, -0.15) is 0 Å². The zero-order valence-corrected chi connectivity index (χ0v) is 13.7. The van der Waals surface area contributed by atoms with Gasteiger partial charge in [0.1, 0.15) is 0 Å². The minimum absolute atomic E-state index is 0.179. The van der Waals surface area contributed by atoms with Crippen molar-refractivity contribution in [2.75, 3.05) is 13.1 Å². The first-order valence-corrected chi connectivity index (χ1v) is 7.99. The van der Waals surface area contributed by atoms with Crippen LogP contribution in [-0.2, 0) is 18.4 Å². The fraction of sp³-hybridized carbons (Fsp3) is 0.556. The molecule has 3 heteroatoms. The SMILES string of the molecule is CC(C)(C)c1ccc2c(c1)c(CCCN)cn2CCCN. The third-order valence-corrected chi connectivity index (χ3v) is 4.08. The van der Waals surface area contributed by atoms with Crippen LogP contribution in [0.3, 0.4) is 0 Å². The van der Waals surface area contributed by atoms with E-state index in [4.69, 9.17) is 11.5 Å². The molecule has 4 N–H and O–H groups in total. The van der Waals surface area contributed by atoms with Gasteiger partial charge in [-0.3, -0.25) is 0 Å². The number of fused-ring (bicyclic) bond motifs is 1. The molecule has 2 aromatic rings. The molecular weight excluding hydrogens is 258 g/mol. The van der Waals surface area contributed by atoms with Gasteiger partial charge in [0.05, 0.1) is 0 Å². The first kappa shape index (κ1) is 16.1. The summed E-state index contributed by atoms with van der Waals surface area (Å²) < 4.78 is 2.35. The van der Waals surface area contributed by atoms with E-state index in [1.165, 1.54) is 22.0 Å². The number of aryl methyl sites for hydroxylation is 2. The average Bonchev–Trinajstić information content (AvgIpc) is 2.79. The van der Waals surface area contributed by atoms with Crippen LogP contribution in [0.2, 0.25) is 0 Å². The van der Waals surface area contributed by atoms with Gasteiger partial charge in [0.15, 0.2) is 0 Å². The van der Waals surface area contributed by atoms with Crippen LogP contribution in [0.25, 0.3) is 10.9 Å². The third-order valence-electron chi connectivity index (χ3n) is 4.08. The second-order valence-corrected chi connectivity index (χ2v) is 6.86. The Labute approximate surface area is 128 Å². The van der Waals surface area contributed by atoms with E-state index >= 15 is 0 Å². The molecule has 3 nitrogen and oxygen atoms in total. The highest BCUT2D eigenvalue weighted by molar-refractivity contribution is 5.85. The number of nitrogens with two attached hydrogens (primary N) is 2. The highest BCUT2D eigenvalue weighted by Crippen LogP contribution is 2.29. The lowest BCUT2D eigenvalue weighted by atomic mass is 9.86. The zero-order chi connectivity index (χ0) is 15.5. The number of hydrogen-bond acceptors (Lipinski definition) is 2. The van der Waals surface area contributed by atoms with Crippen LogP contribution in [0.15, 0.2) is 24.4 Å². The van der Waals surface area contributed by atoms with E-state index in [0.717, 1.165) is 38.9 Å². The van der Waals surface area contributed by atoms with Crippen LogP contribution in [0.4, 0.5) is 0 Å². The van der Waals surface area contributed by atoms with Crippen LogP contribution in [0.1, 0.15) is 44.7 Å². The number of nitrogens with zero attached hydrogens (tertiary/aromatic N) is 1. The molecule has 1 aromatic heterocycles. The largest absolute Gasteiger partial charge is 0.347 e. The molecule has 0 atom stereocenters. The second-order valence-electron chi connectivity index (χ2n) is 6.86. The highest BCUT2D eigenvalue weighted by Gasteiger charge is 2.16. The lowest BCUT2D eigenvalue weighted by Crippen LogP contribution is -2.10. The molecule has 0 radical (unpaired) electrons. The van der Waals surface area contributed by atoms with Crippen molar-refractivity contribution in [1.29, 1.82) is 0 Å². The summed E-state index contributed by atoms with van der Waals surface area (Å²) in [6, 6.07) is 6.88. The van der Waals surface area contributed by atoms with Gasteiger partial charge in [-0.1, -0.05) is 26.8 Å². The van der Waals surface area contributed by atoms with Crippen molar-refractivity contribution in [1.82, 2.24) is 4.57 Å². The highest BCUT2D eigenvalue weighted by atomic mass is 15.0. The molecule has 0 aliphatic heterocycles. The maximum Gasteiger partial charge on any atom is 0.0483 e. The van der Waals surface area contributed by atoms with Gasteiger partial charge in [-0.25, -0.2) is 0 Å². The van der Waals surface area contributed by atoms with Gasteiger partial charge in [0, 0.05) is 23.6 Å². The van der Waals surface area contributed by atoms with E-state index in [1.807, 2.05) is 0 Å². The second kappa shape index (κ2) is 6.63. The topological polar surface area (TPSA) is 57.0 Å². The molecule has 1 heterocycles. The van der Waals surface area contributed by atoms with E-state index in [9.17, 15) is 0 Å². The first-order valence-electron chi connectivity index (χ1n) is 7.99. The quantitative estimate of drug-likeness (QED) is 0.857. The third kappa shape index (κ3) is 3.66. The van der Waals surface area contributed by atoms with Crippen molar-refractivity contribution in [3.8, 4) is 0 Å². The van der Waals surface area contributed by atoms with Gasteiger partial charge in [-0.05, 0) is 61.0 Å². The molecule has 0 aliphatic carbocycles. The molecule has 116 valence electrons. The van der Waals surface area contributed by atoms with Crippen molar-refractivity contribution in [2.45, 2.75) is 52.0 Å². The Morgan fingerprint density at radius 3 is 2.38 bits per heavy atom. The number of rotatable bonds is 6. The normalized spacial score (nSPS) is 12.2. The van der Waals surface area contributed by atoms with E-state index in [-0.39, 0.29) is 5.41 Å². The maximum atomic E-state index is 5.68. The molecule has 2 rings (SSSR count). The zero-order valence-electron chi connectivity index (χ0n) is 13.7. The molecule has 0 fully saturated rings. The summed E-state index contributed by atoms with van der Waals surface area (Å²) in [5, 5.41) is 1.38. The minimum Gasteiger partial charge on any atom is -0.347 e. The number of hydrogen-bond donors (Lipinski definition) is 2. The average molecular weight is 287 g/mol. The van der Waals surface area contributed by atoms with E-state index in [2.05, 4.69) is 49.7 Å². The predicted octanol–water partition coefficient (Wildman–Crippen LogP) is 3.18. The summed E-state index contributed by atoms with van der Waals surface area (Å²) >= 11 is 0. The standard InChI is InChI=1S/C18H29N3/c1-18(2,3)15-7-8-17-16(12-15)14(6-4-9-19)13-21(17)11-5-10-20/h7-8,12-13H,4-6,9-11,19-20H2,1-3H3. The van der Waals surface area contributed by atoms with Crippen molar-refractivity contribution in [2.24, 2.45) is 11.5 Å². The molecular formula is C18H29N3. The van der Waals surface area contributed by atoms with Gasteiger partial charge in [0.2, 0.25) is 0 Å².